The summed E-state index contributed by atoms with van der Waals surface area (Å²) < 4.78 is 31.5. The van der Waals surface area contributed by atoms with Gasteiger partial charge in [-0.2, -0.15) is 0 Å². The Labute approximate surface area is 128 Å². The van der Waals surface area contributed by atoms with Crippen molar-refractivity contribution in [2.45, 2.75) is 13.0 Å². The number of methoxy groups -OCH3 is 1. The van der Waals surface area contributed by atoms with Crippen molar-refractivity contribution >= 4 is 5.91 Å². The predicted molar refractivity (Wildman–Crippen MR) is 79.9 cm³/mol. The molecule has 0 aromatic heterocycles. The maximum absolute atomic E-state index is 13.4. The molecule has 2 aromatic rings. The van der Waals surface area contributed by atoms with Gasteiger partial charge in [0.1, 0.15) is 17.4 Å². The molecule has 3 nitrogen and oxygen atoms in total. The highest BCUT2D eigenvalue weighted by molar-refractivity contribution is 5.97. The molecule has 0 bridgehead atoms. The Morgan fingerprint density at radius 3 is 2.27 bits per heavy atom. The van der Waals surface area contributed by atoms with Gasteiger partial charge in [-0.15, -0.1) is 0 Å². The number of carbonyl (C=O) groups is 1. The highest BCUT2D eigenvalue weighted by atomic mass is 19.1. The van der Waals surface area contributed by atoms with Crippen LogP contribution in [0.25, 0.3) is 0 Å². The Balaban J connectivity index is 2.28. The van der Waals surface area contributed by atoms with Crippen LogP contribution in [0, 0.1) is 11.6 Å². The highest BCUT2D eigenvalue weighted by Gasteiger charge is 2.22. The van der Waals surface area contributed by atoms with E-state index in [1.807, 2.05) is 6.92 Å². The zero-order chi connectivity index (χ0) is 16.3. The lowest BCUT2D eigenvalue weighted by atomic mass is 10.1. The Morgan fingerprint density at radius 2 is 1.68 bits per heavy atom. The molecule has 22 heavy (non-hydrogen) atoms. The van der Waals surface area contributed by atoms with Crippen LogP contribution in [-0.4, -0.2) is 25.0 Å². The van der Waals surface area contributed by atoms with Crippen molar-refractivity contribution in [1.29, 1.82) is 0 Å². The lowest BCUT2D eigenvalue weighted by Gasteiger charge is -2.26. The Kier molecular flexibility index (Phi) is 4.75. The van der Waals surface area contributed by atoms with E-state index >= 15 is 0 Å². The monoisotopic (exact) mass is 305 g/mol. The van der Waals surface area contributed by atoms with Crippen molar-refractivity contribution in [1.82, 2.24) is 4.90 Å². The molecule has 0 N–H and O–H groups in total. The van der Waals surface area contributed by atoms with E-state index in [1.54, 1.807) is 19.2 Å². The summed E-state index contributed by atoms with van der Waals surface area (Å²) in [5.41, 5.74) is 0.937. The summed E-state index contributed by atoms with van der Waals surface area (Å²) >= 11 is 0. The first kappa shape index (κ1) is 15.9. The second-order valence-electron chi connectivity index (χ2n) is 4.99. The molecule has 1 amide bonds. The third-order valence-corrected chi connectivity index (χ3v) is 3.65. The lowest BCUT2D eigenvalue weighted by Crippen LogP contribution is -2.30. The summed E-state index contributed by atoms with van der Waals surface area (Å²) in [4.78, 5) is 14.0. The molecule has 1 unspecified atom stereocenters. The molecular formula is C17H17F2NO2. The number of benzene rings is 2. The van der Waals surface area contributed by atoms with E-state index in [4.69, 9.17) is 4.74 Å². The fraction of sp³-hybridized carbons (Fsp3) is 0.235. The van der Waals surface area contributed by atoms with Gasteiger partial charge in [-0.3, -0.25) is 4.79 Å². The standard InChI is InChI=1S/C17H17F2NO2/c1-11(12-4-6-13(18)7-5-12)20(2)17(21)15-10-14(19)8-9-16(15)22-3/h4-11H,1-3H3. The minimum Gasteiger partial charge on any atom is -0.496 e. The molecule has 0 radical (unpaired) electrons. The first-order valence-electron chi connectivity index (χ1n) is 6.80. The number of hydrogen-bond donors (Lipinski definition) is 0. The maximum atomic E-state index is 13.4. The number of halogens is 2. The molecule has 0 saturated heterocycles. The normalized spacial score (nSPS) is 11.9. The largest absolute Gasteiger partial charge is 0.496 e. The number of carbonyl (C=O) groups excluding carboxylic acids is 1. The van der Waals surface area contributed by atoms with Gasteiger partial charge in [0.05, 0.1) is 18.7 Å². The Bertz CT molecular complexity index is 671. The Hall–Kier alpha value is -2.43. The highest BCUT2D eigenvalue weighted by Crippen LogP contribution is 2.25. The maximum Gasteiger partial charge on any atom is 0.257 e. The van der Waals surface area contributed by atoms with Crippen molar-refractivity contribution in [2.24, 2.45) is 0 Å². The third kappa shape index (κ3) is 3.24. The Morgan fingerprint density at radius 1 is 1.09 bits per heavy atom. The molecule has 0 aliphatic carbocycles. The van der Waals surface area contributed by atoms with Crippen LogP contribution in [0.15, 0.2) is 42.5 Å². The molecule has 1 atom stereocenters. The van der Waals surface area contributed by atoms with Crippen molar-refractivity contribution < 1.29 is 18.3 Å². The van der Waals surface area contributed by atoms with Gasteiger partial charge in [0.15, 0.2) is 0 Å². The van der Waals surface area contributed by atoms with Crippen LogP contribution in [0.1, 0.15) is 28.9 Å². The topological polar surface area (TPSA) is 29.5 Å². The van der Waals surface area contributed by atoms with Crippen LogP contribution in [0.4, 0.5) is 8.78 Å². The van der Waals surface area contributed by atoms with Gasteiger partial charge in [0, 0.05) is 7.05 Å². The molecule has 5 heteroatoms. The molecule has 0 aliphatic heterocycles. The molecule has 0 aliphatic rings. The van der Waals surface area contributed by atoms with Gasteiger partial charge < -0.3 is 9.64 Å². The summed E-state index contributed by atoms with van der Waals surface area (Å²) in [7, 11) is 3.04. The van der Waals surface area contributed by atoms with E-state index in [0.717, 1.165) is 11.6 Å². The lowest BCUT2D eigenvalue weighted by molar-refractivity contribution is 0.0738. The molecule has 0 saturated carbocycles. The third-order valence-electron chi connectivity index (χ3n) is 3.65. The number of rotatable bonds is 4. The number of nitrogens with zero attached hydrogens (tertiary/aromatic N) is 1. The summed E-state index contributed by atoms with van der Waals surface area (Å²) in [6, 6.07) is 9.42. The summed E-state index contributed by atoms with van der Waals surface area (Å²) in [6.45, 7) is 1.82. The van der Waals surface area contributed by atoms with Gasteiger partial charge in [0.25, 0.3) is 5.91 Å². The molecule has 0 spiro atoms. The van der Waals surface area contributed by atoms with Crippen LogP contribution < -0.4 is 4.74 Å². The number of amides is 1. The van der Waals surface area contributed by atoms with Gasteiger partial charge in [0.2, 0.25) is 0 Å². The van der Waals surface area contributed by atoms with Crippen LogP contribution in [0.3, 0.4) is 0 Å². The first-order chi connectivity index (χ1) is 10.4. The van der Waals surface area contributed by atoms with Crippen molar-refractivity contribution in [2.75, 3.05) is 14.2 Å². The molecule has 0 fully saturated rings. The number of hydrogen-bond acceptors (Lipinski definition) is 2. The zero-order valence-corrected chi connectivity index (χ0v) is 12.6. The second-order valence-corrected chi connectivity index (χ2v) is 4.99. The average molecular weight is 305 g/mol. The summed E-state index contributed by atoms with van der Waals surface area (Å²) in [5.74, 6) is -0.901. The molecule has 116 valence electrons. The fourth-order valence-electron chi connectivity index (χ4n) is 2.18. The van der Waals surface area contributed by atoms with E-state index < -0.39 is 5.82 Å². The minimum absolute atomic E-state index is 0.152. The van der Waals surface area contributed by atoms with Crippen molar-refractivity contribution in [3.63, 3.8) is 0 Å². The van der Waals surface area contributed by atoms with Crippen LogP contribution in [-0.2, 0) is 0 Å². The predicted octanol–water partition coefficient (Wildman–Crippen LogP) is 3.81. The summed E-state index contributed by atoms with van der Waals surface area (Å²) in [6.07, 6.45) is 0. The zero-order valence-electron chi connectivity index (χ0n) is 12.6. The van der Waals surface area contributed by atoms with Crippen LogP contribution >= 0.6 is 0 Å². The van der Waals surface area contributed by atoms with Crippen molar-refractivity contribution in [3.8, 4) is 5.75 Å². The molecule has 0 heterocycles. The van der Waals surface area contributed by atoms with Crippen molar-refractivity contribution in [3.05, 3.63) is 65.2 Å². The number of ether oxygens (including phenoxy) is 1. The second kappa shape index (κ2) is 6.56. The van der Waals surface area contributed by atoms with Gasteiger partial charge in [-0.05, 0) is 42.8 Å². The summed E-state index contributed by atoms with van der Waals surface area (Å²) in [5, 5.41) is 0. The van der Waals surface area contributed by atoms with E-state index in [9.17, 15) is 13.6 Å². The van der Waals surface area contributed by atoms with E-state index in [1.165, 1.54) is 36.3 Å². The van der Waals surface area contributed by atoms with Crippen LogP contribution in [0.5, 0.6) is 5.75 Å². The van der Waals surface area contributed by atoms with E-state index in [-0.39, 0.29) is 23.3 Å². The van der Waals surface area contributed by atoms with Gasteiger partial charge in [-0.1, -0.05) is 12.1 Å². The molecule has 2 rings (SSSR count). The average Bonchev–Trinajstić information content (AvgIpc) is 2.53. The van der Waals surface area contributed by atoms with E-state index in [2.05, 4.69) is 0 Å². The smallest absolute Gasteiger partial charge is 0.257 e. The molecular weight excluding hydrogens is 288 g/mol. The fourth-order valence-corrected chi connectivity index (χ4v) is 2.18. The SMILES string of the molecule is COc1ccc(F)cc1C(=O)N(C)C(C)c1ccc(F)cc1. The van der Waals surface area contributed by atoms with Gasteiger partial charge in [-0.25, -0.2) is 8.78 Å². The van der Waals surface area contributed by atoms with Gasteiger partial charge >= 0.3 is 0 Å². The first-order valence-corrected chi connectivity index (χ1v) is 6.80. The minimum atomic E-state index is -0.507. The molecule has 2 aromatic carbocycles. The van der Waals surface area contributed by atoms with Crippen LogP contribution in [0.2, 0.25) is 0 Å². The quantitative estimate of drug-likeness (QED) is 0.859. The van der Waals surface area contributed by atoms with E-state index in [0.29, 0.717) is 5.75 Å².